The molecule has 0 saturated heterocycles. The summed E-state index contributed by atoms with van der Waals surface area (Å²) in [6.45, 7) is 4.79. The molecular formula is C57H38Si. The van der Waals surface area contributed by atoms with Gasteiger partial charge in [0.15, 0.2) is 8.07 Å². The SMILES string of the molecule is CC1(C)c2ccc(-c3c4ccccc4c(-c4ccc5c(c4)[Si]4(c6ccccc6-c6ccccc64)c4ccccc4-5)c4ccccc34)cc2-c2ccc3ccccc3c21. The first-order chi connectivity index (χ1) is 28.5. The lowest BCUT2D eigenvalue weighted by Gasteiger charge is -2.28. The van der Waals surface area contributed by atoms with Crippen molar-refractivity contribution >= 4 is 61.1 Å². The van der Waals surface area contributed by atoms with Crippen LogP contribution in [0.5, 0.6) is 0 Å². The fourth-order valence-corrected chi connectivity index (χ4v) is 17.4. The smallest absolute Gasteiger partial charge is 0.0623 e. The fraction of sp³-hybridized carbons (Fsp3) is 0.0526. The first kappa shape index (κ1) is 32.3. The van der Waals surface area contributed by atoms with Crippen LogP contribution in [0.3, 0.4) is 0 Å². The molecule has 0 aromatic heterocycles. The summed E-state index contributed by atoms with van der Waals surface area (Å²) in [7, 11) is -2.58. The third-order valence-electron chi connectivity index (χ3n) is 14.0. The van der Waals surface area contributed by atoms with Crippen molar-refractivity contribution in [3.63, 3.8) is 0 Å². The molecule has 0 bridgehead atoms. The highest BCUT2D eigenvalue weighted by molar-refractivity contribution is 7.24. The van der Waals surface area contributed by atoms with Crippen molar-refractivity contribution in [3.05, 3.63) is 205 Å². The Hall–Kier alpha value is -6.80. The predicted octanol–water partition coefficient (Wildman–Crippen LogP) is 12.1. The van der Waals surface area contributed by atoms with E-state index in [0.717, 1.165) is 0 Å². The number of benzene rings is 10. The molecule has 10 aromatic rings. The van der Waals surface area contributed by atoms with Gasteiger partial charge in [0.1, 0.15) is 0 Å². The van der Waals surface area contributed by atoms with E-state index in [2.05, 4.69) is 208 Å². The highest BCUT2D eigenvalue weighted by atomic mass is 28.3. The van der Waals surface area contributed by atoms with Crippen molar-refractivity contribution < 1.29 is 0 Å². The Kier molecular flexibility index (Phi) is 6.35. The Morgan fingerprint density at radius 3 is 1.33 bits per heavy atom. The van der Waals surface area contributed by atoms with Crippen LogP contribution in [0.15, 0.2) is 194 Å². The van der Waals surface area contributed by atoms with Crippen molar-refractivity contribution in [2.75, 3.05) is 0 Å². The average Bonchev–Trinajstić information content (AvgIpc) is 3.83. The molecule has 2 heterocycles. The molecule has 1 heteroatoms. The molecule has 0 radical (unpaired) electrons. The van der Waals surface area contributed by atoms with Gasteiger partial charge in [-0.05, 0) is 126 Å². The van der Waals surface area contributed by atoms with Crippen LogP contribution in [0.1, 0.15) is 25.0 Å². The summed E-state index contributed by atoms with van der Waals surface area (Å²) < 4.78 is 0. The molecule has 0 fully saturated rings. The number of hydrogen-bond donors (Lipinski definition) is 0. The van der Waals surface area contributed by atoms with Gasteiger partial charge in [0, 0.05) is 5.41 Å². The lowest BCUT2D eigenvalue weighted by Crippen LogP contribution is -2.70. The summed E-state index contributed by atoms with van der Waals surface area (Å²) in [5, 5.41) is 13.9. The van der Waals surface area contributed by atoms with Crippen LogP contribution in [0, 0.1) is 0 Å². The third kappa shape index (κ3) is 3.95. The van der Waals surface area contributed by atoms with Gasteiger partial charge >= 0.3 is 0 Å². The van der Waals surface area contributed by atoms with Crippen LogP contribution >= 0.6 is 0 Å². The van der Waals surface area contributed by atoms with Crippen LogP contribution in [-0.2, 0) is 5.41 Å². The van der Waals surface area contributed by atoms with E-state index in [4.69, 9.17) is 0 Å². The zero-order valence-electron chi connectivity index (χ0n) is 32.5. The van der Waals surface area contributed by atoms with Crippen molar-refractivity contribution in [2.24, 2.45) is 0 Å². The Morgan fingerprint density at radius 2 is 0.759 bits per heavy atom. The van der Waals surface area contributed by atoms with Crippen LogP contribution in [0.2, 0.25) is 0 Å². The number of fused-ring (bicyclic) bond motifs is 17. The quantitative estimate of drug-likeness (QED) is 0.122. The Labute approximate surface area is 339 Å². The van der Waals surface area contributed by atoms with Crippen molar-refractivity contribution in [3.8, 4) is 55.6 Å². The summed E-state index contributed by atoms with van der Waals surface area (Å²) in [5.74, 6) is 0. The summed E-state index contributed by atoms with van der Waals surface area (Å²) in [6.07, 6.45) is 0. The monoisotopic (exact) mass is 750 g/mol. The summed E-state index contributed by atoms with van der Waals surface area (Å²) in [6, 6.07) is 74.3. The maximum Gasteiger partial charge on any atom is 0.182 e. The second-order valence-electron chi connectivity index (χ2n) is 17.1. The van der Waals surface area contributed by atoms with Gasteiger partial charge in [-0.15, -0.1) is 0 Å². The molecule has 1 spiro atoms. The Morgan fingerprint density at radius 1 is 0.328 bits per heavy atom. The normalized spacial score (nSPS) is 14.7. The number of rotatable bonds is 2. The first-order valence-electron chi connectivity index (χ1n) is 20.6. The lowest BCUT2D eigenvalue weighted by molar-refractivity contribution is 0.666. The molecule has 0 N–H and O–H groups in total. The fourth-order valence-electron chi connectivity index (χ4n) is 11.8. The molecule has 3 aliphatic rings. The van der Waals surface area contributed by atoms with E-state index in [1.54, 1.807) is 0 Å². The van der Waals surface area contributed by atoms with Crippen LogP contribution in [0.4, 0.5) is 0 Å². The standard InChI is InChI=1S/C57H38Si/c1-57(2)49-32-29-36(33-48(49)47-31-27-35-15-3-4-16-38(35)56(47)57)54-43-20-5-7-22-45(43)55(46-23-8-6-21-44(46)54)37-28-30-42-41-19-11-14-26-52(41)58(53(42)34-37)50-24-12-9-17-39(50)40-18-10-13-25-51(40)58/h3-34H,1-2H3. The Bertz CT molecular complexity index is 3320. The van der Waals surface area contributed by atoms with E-state index < -0.39 is 8.07 Å². The van der Waals surface area contributed by atoms with Gasteiger partial charge in [-0.25, -0.2) is 0 Å². The first-order valence-corrected chi connectivity index (χ1v) is 22.6. The minimum atomic E-state index is -2.58. The highest BCUT2D eigenvalue weighted by Gasteiger charge is 2.53. The third-order valence-corrected chi connectivity index (χ3v) is 19.0. The van der Waals surface area contributed by atoms with E-state index in [1.807, 2.05) is 0 Å². The van der Waals surface area contributed by atoms with Gasteiger partial charge in [-0.1, -0.05) is 202 Å². The van der Waals surface area contributed by atoms with Gasteiger partial charge in [0.25, 0.3) is 0 Å². The molecule has 0 atom stereocenters. The maximum atomic E-state index is 2.60. The van der Waals surface area contributed by atoms with E-state index in [1.165, 1.54) is 120 Å². The zero-order chi connectivity index (χ0) is 38.3. The van der Waals surface area contributed by atoms with E-state index in [-0.39, 0.29) is 5.41 Å². The van der Waals surface area contributed by atoms with E-state index >= 15 is 0 Å². The molecule has 13 rings (SSSR count). The molecule has 1 aliphatic carbocycles. The minimum absolute atomic E-state index is 0.0910. The minimum Gasteiger partial charge on any atom is -0.0623 e. The second kappa shape index (κ2) is 11.4. The zero-order valence-corrected chi connectivity index (χ0v) is 33.5. The Balaban J connectivity index is 1.07. The van der Waals surface area contributed by atoms with Gasteiger partial charge in [0.05, 0.1) is 0 Å². The molecule has 0 amide bonds. The summed E-state index contributed by atoms with van der Waals surface area (Å²) in [4.78, 5) is 0. The second-order valence-corrected chi connectivity index (χ2v) is 20.7. The summed E-state index contributed by atoms with van der Waals surface area (Å²) in [5.41, 5.74) is 16.2. The van der Waals surface area contributed by atoms with Gasteiger partial charge < -0.3 is 0 Å². The van der Waals surface area contributed by atoms with Crippen LogP contribution in [0.25, 0.3) is 88.0 Å². The van der Waals surface area contributed by atoms with E-state index in [9.17, 15) is 0 Å². The molecule has 0 saturated carbocycles. The van der Waals surface area contributed by atoms with E-state index in [0.29, 0.717) is 0 Å². The topological polar surface area (TPSA) is 0 Å². The van der Waals surface area contributed by atoms with Crippen LogP contribution < -0.4 is 20.7 Å². The molecule has 0 unspecified atom stereocenters. The molecule has 270 valence electrons. The predicted molar refractivity (Wildman–Crippen MR) is 249 cm³/mol. The molecule has 2 aliphatic heterocycles. The highest BCUT2D eigenvalue weighted by Crippen LogP contribution is 2.53. The average molecular weight is 751 g/mol. The number of hydrogen-bond acceptors (Lipinski definition) is 0. The van der Waals surface area contributed by atoms with Crippen molar-refractivity contribution in [1.29, 1.82) is 0 Å². The van der Waals surface area contributed by atoms with Gasteiger partial charge in [-0.3, -0.25) is 0 Å². The van der Waals surface area contributed by atoms with Crippen LogP contribution in [-0.4, -0.2) is 8.07 Å². The maximum absolute atomic E-state index is 2.60. The molecule has 58 heavy (non-hydrogen) atoms. The van der Waals surface area contributed by atoms with Gasteiger partial charge in [0.2, 0.25) is 0 Å². The largest absolute Gasteiger partial charge is 0.182 e. The lowest BCUT2D eigenvalue weighted by atomic mass is 9.80. The van der Waals surface area contributed by atoms with Gasteiger partial charge in [-0.2, -0.15) is 0 Å². The van der Waals surface area contributed by atoms with Crippen molar-refractivity contribution in [1.82, 2.24) is 0 Å². The molecule has 0 nitrogen and oxygen atoms in total. The summed E-state index contributed by atoms with van der Waals surface area (Å²) >= 11 is 0. The molecule has 10 aromatic carbocycles. The molecular weight excluding hydrogens is 713 g/mol. The van der Waals surface area contributed by atoms with Crippen molar-refractivity contribution in [2.45, 2.75) is 19.3 Å².